The Morgan fingerprint density at radius 2 is 2.47 bits per heavy atom. The zero-order valence-electron chi connectivity index (χ0n) is 7.84. The summed E-state index contributed by atoms with van der Waals surface area (Å²) < 4.78 is 0. The maximum absolute atomic E-state index is 11.4. The molecule has 78 valence electrons. The zero-order chi connectivity index (χ0) is 11.3. The third-order valence-corrected chi connectivity index (χ3v) is 1.61. The third-order valence-electron chi connectivity index (χ3n) is 1.61. The Morgan fingerprint density at radius 1 is 1.73 bits per heavy atom. The molecule has 15 heavy (non-hydrogen) atoms. The second-order valence-corrected chi connectivity index (χ2v) is 2.63. The molecule has 1 aromatic heterocycles. The van der Waals surface area contributed by atoms with Gasteiger partial charge >= 0.3 is 5.82 Å². The number of nitrogens with zero attached hydrogens (tertiary/aromatic N) is 2. The van der Waals surface area contributed by atoms with Gasteiger partial charge in [-0.15, -0.1) is 6.58 Å². The van der Waals surface area contributed by atoms with E-state index in [1.54, 1.807) is 0 Å². The number of hydrogen-bond donors (Lipinski definition) is 1. The van der Waals surface area contributed by atoms with Crippen LogP contribution in [-0.4, -0.2) is 22.4 Å². The first kappa shape index (κ1) is 10.8. The highest BCUT2D eigenvalue weighted by Gasteiger charge is 2.19. The molecule has 0 aliphatic carbocycles. The Hall–Kier alpha value is -2.24. The van der Waals surface area contributed by atoms with Crippen LogP contribution in [0.4, 0.5) is 5.82 Å². The van der Waals surface area contributed by atoms with Crippen LogP contribution < -0.4 is 5.32 Å². The Kier molecular flexibility index (Phi) is 3.50. The minimum Gasteiger partial charge on any atom is -0.358 e. The molecular formula is C9H9N3O3. The maximum Gasteiger partial charge on any atom is 0.376 e. The first-order chi connectivity index (χ1) is 7.16. The molecule has 1 N–H and O–H groups in total. The predicted octanol–water partition coefficient (Wildman–Crippen LogP) is 0.906. The summed E-state index contributed by atoms with van der Waals surface area (Å²) >= 11 is 0. The van der Waals surface area contributed by atoms with Crippen LogP contribution in [0.1, 0.15) is 10.4 Å². The lowest BCUT2D eigenvalue weighted by Gasteiger charge is -2.01. The van der Waals surface area contributed by atoms with Crippen molar-refractivity contribution in [3.8, 4) is 0 Å². The van der Waals surface area contributed by atoms with Crippen molar-refractivity contribution >= 4 is 11.7 Å². The van der Waals surface area contributed by atoms with Crippen molar-refractivity contribution in [2.24, 2.45) is 0 Å². The molecule has 0 aromatic carbocycles. The van der Waals surface area contributed by atoms with E-state index < -0.39 is 16.6 Å². The highest BCUT2D eigenvalue weighted by atomic mass is 16.6. The number of rotatable bonds is 4. The zero-order valence-corrected chi connectivity index (χ0v) is 7.84. The van der Waals surface area contributed by atoms with Crippen LogP contribution in [0.25, 0.3) is 0 Å². The van der Waals surface area contributed by atoms with E-state index in [-0.39, 0.29) is 12.1 Å². The van der Waals surface area contributed by atoms with Crippen LogP contribution in [0, 0.1) is 10.1 Å². The van der Waals surface area contributed by atoms with E-state index in [1.165, 1.54) is 24.4 Å². The number of hydrogen-bond acceptors (Lipinski definition) is 4. The normalized spacial score (nSPS) is 9.33. The largest absolute Gasteiger partial charge is 0.376 e. The number of pyridine rings is 1. The van der Waals surface area contributed by atoms with Gasteiger partial charge in [0.15, 0.2) is 0 Å². The van der Waals surface area contributed by atoms with E-state index in [1.807, 2.05) is 0 Å². The molecule has 0 saturated heterocycles. The fourth-order valence-electron chi connectivity index (χ4n) is 0.980. The number of aromatic nitrogens is 1. The van der Waals surface area contributed by atoms with Crippen molar-refractivity contribution < 1.29 is 9.72 Å². The summed E-state index contributed by atoms with van der Waals surface area (Å²) in [4.78, 5) is 24.8. The highest BCUT2D eigenvalue weighted by molar-refractivity contribution is 5.97. The van der Waals surface area contributed by atoms with Gasteiger partial charge in [-0.3, -0.25) is 4.79 Å². The van der Waals surface area contributed by atoms with Gasteiger partial charge in [0.25, 0.3) is 5.91 Å². The summed E-state index contributed by atoms with van der Waals surface area (Å²) in [6.45, 7) is 3.67. The maximum atomic E-state index is 11.4. The van der Waals surface area contributed by atoms with Crippen LogP contribution in [-0.2, 0) is 0 Å². The lowest BCUT2D eigenvalue weighted by Crippen LogP contribution is -2.24. The molecule has 0 fully saturated rings. The van der Waals surface area contributed by atoms with Crippen molar-refractivity contribution in [2.45, 2.75) is 0 Å². The van der Waals surface area contributed by atoms with Crippen molar-refractivity contribution in [1.82, 2.24) is 10.3 Å². The molecule has 0 aliphatic heterocycles. The van der Waals surface area contributed by atoms with Crippen LogP contribution in [0.2, 0.25) is 0 Å². The van der Waals surface area contributed by atoms with Gasteiger partial charge < -0.3 is 15.4 Å². The molecule has 0 aliphatic rings. The summed E-state index contributed by atoms with van der Waals surface area (Å²) in [5.74, 6) is -0.978. The van der Waals surface area contributed by atoms with E-state index in [4.69, 9.17) is 0 Å². The van der Waals surface area contributed by atoms with Crippen molar-refractivity contribution in [1.29, 1.82) is 0 Å². The quantitative estimate of drug-likeness (QED) is 0.451. The Balaban J connectivity index is 2.97. The van der Waals surface area contributed by atoms with Crippen LogP contribution in [0.3, 0.4) is 0 Å². The molecule has 1 amide bonds. The van der Waals surface area contributed by atoms with Gasteiger partial charge in [0.05, 0.1) is 0 Å². The van der Waals surface area contributed by atoms with Gasteiger partial charge in [-0.25, -0.2) is 0 Å². The second kappa shape index (κ2) is 4.85. The topological polar surface area (TPSA) is 85.1 Å². The summed E-state index contributed by atoms with van der Waals surface area (Å²) in [5, 5.41) is 13.0. The standard InChI is InChI=1S/C9H9N3O3/c1-2-5-11-9(13)7-4-3-6-10-8(7)12(14)15/h2-4,6H,1,5H2,(H,11,13). The van der Waals surface area contributed by atoms with Crippen molar-refractivity contribution in [3.05, 3.63) is 46.7 Å². The first-order valence-electron chi connectivity index (χ1n) is 4.15. The molecule has 0 saturated carbocycles. The minimum absolute atomic E-state index is 0.0515. The monoisotopic (exact) mass is 207 g/mol. The molecule has 0 radical (unpaired) electrons. The van der Waals surface area contributed by atoms with Crippen molar-refractivity contribution in [3.63, 3.8) is 0 Å². The number of nitro groups is 1. The predicted molar refractivity (Wildman–Crippen MR) is 53.4 cm³/mol. The number of carbonyl (C=O) groups excluding carboxylic acids is 1. The number of carbonyl (C=O) groups is 1. The van der Waals surface area contributed by atoms with Gasteiger partial charge in [-0.1, -0.05) is 6.08 Å². The SMILES string of the molecule is C=CCNC(=O)c1cccnc1[N+](=O)[O-]. The molecule has 6 heteroatoms. The first-order valence-corrected chi connectivity index (χ1v) is 4.15. The van der Waals surface area contributed by atoms with Gasteiger partial charge in [-0.2, -0.15) is 0 Å². The molecule has 1 aromatic rings. The summed E-state index contributed by atoms with van der Waals surface area (Å²) in [5.41, 5.74) is -0.0515. The molecule has 0 spiro atoms. The van der Waals surface area contributed by atoms with Gasteiger partial charge in [0, 0.05) is 6.54 Å². The molecule has 1 rings (SSSR count). The van der Waals surface area contributed by atoms with E-state index in [0.29, 0.717) is 0 Å². The Morgan fingerprint density at radius 3 is 3.07 bits per heavy atom. The lowest BCUT2D eigenvalue weighted by molar-refractivity contribution is -0.389. The summed E-state index contributed by atoms with van der Waals surface area (Å²) in [6, 6.07) is 2.82. The van der Waals surface area contributed by atoms with Crippen LogP contribution in [0.15, 0.2) is 31.0 Å². The molecule has 0 bridgehead atoms. The van der Waals surface area contributed by atoms with E-state index in [2.05, 4.69) is 16.9 Å². The van der Waals surface area contributed by atoms with E-state index in [9.17, 15) is 14.9 Å². The number of amides is 1. The second-order valence-electron chi connectivity index (χ2n) is 2.63. The molecular weight excluding hydrogens is 198 g/mol. The Bertz CT molecular complexity index is 403. The third kappa shape index (κ3) is 2.60. The summed E-state index contributed by atoms with van der Waals surface area (Å²) in [7, 11) is 0. The fraction of sp³-hybridized carbons (Fsp3) is 0.111. The van der Waals surface area contributed by atoms with Gasteiger partial charge in [0.2, 0.25) is 0 Å². The fourth-order valence-corrected chi connectivity index (χ4v) is 0.980. The lowest BCUT2D eigenvalue weighted by atomic mass is 10.2. The smallest absolute Gasteiger partial charge is 0.358 e. The van der Waals surface area contributed by atoms with E-state index in [0.717, 1.165) is 0 Å². The van der Waals surface area contributed by atoms with Crippen LogP contribution >= 0.6 is 0 Å². The van der Waals surface area contributed by atoms with Gasteiger partial charge in [-0.05, 0) is 22.0 Å². The van der Waals surface area contributed by atoms with Crippen LogP contribution in [0.5, 0.6) is 0 Å². The highest BCUT2D eigenvalue weighted by Crippen LogP contribution is 2.13. The number of nitrogens with one attached hydrogen (secondary N) is 1. The molecule has 6 nitrogen and oxygen atoms in total. The molecule has 0 unspecified atom stereocenters. The Labute approximate surface area is 85.8 Å². The summed E-state index contributed by atoms with van der Waals surface area (Å²) in [6.07, 6.45) is 2.75. The molecule has 0 atom stereocenters. The minimum atomic E-state index is -0.692. The van der Waals surface area contributed by atoms with E-state index >= 15 is 0 Å². The van der Waals surface area contributed by atoms with Crippen molar-refractivity contribution in [2.75, 3.05) is 6.54 Å². The van der Waals surface area contributed by atoms with Gasteiger partial charge in [0.1, 0.15) is 11.8 Å². The molecule has 1 heterocycles. The average molecular weight is 207 g/mol. The average Bonchev–Trinajstić information content (AvgIpc) is 2.25.